The van der Waals surface area contributed by atoms with Gasteiger partial charge in [0.2, 0.25) is 0 Å². The molecule has 0 fully saturated rings. The Morgan fingerprint density at radius 2 is 1.90 bits per heavy atom. The number of hydrogen-bond donors (Lipinski definition) is 1. The zero-order valence-electron chi connectivity index (χ0n) is 6.07. The molecule has 0 aliphatic heterocycles. The first-order valence-corrected chi connectivity index (χ1v) is 4.08. The highest BCUT2D eigenvalue weighted by Gasteiger charge is 1.83. The third-order valence-corrected chi connectivity index (χ3v) is 1.41. The zero-order valence-corrected chi connectivity index (χ0v) is 6.82. The molecule has 0 spiro atoms. The molecule has 0 atom stereocenters. The molecule has 0 aliphatic rings. The van der Waals surface area contributed by atoms with Gasteiger partial charge in [0, 0.05) is 12.3 Å². The number of rotatable bonds is 4. The Bertz CT molecular complexity index is 112. The van der Waals surface area contributed by atoms with E-state index in [0.717, 1.165) is 31.6 Å². The van der Waals surface area contributed by atoms with Crippen molar-refractivity contribution < 1.29 is 5.11 Å². The SMILES string of the molecule is OCC#CCCCCCCl. The summed E-state index contributed by atoms with van der Waals surface area (Å²) in [5.41, 5.74) is 0. The fraction of sp³-hybridized carbons (Fsp3) is 0.750. The number of unbranched alkanes of at least 4 members (excludes halogenated alkanes) is 3. The summed E-state index contributed by atoms with van der Waals surface area (Å²) in [5, 5.41) is 8.27. The average molecular weight is 161 g/mol. The van der Waals surface area contributed by atoms with Crippen LogP contribution >= 0.6 is 11.6 Å². The molecule has 0 heterocycles. The van der Waals surface area contributed by atoms with E-state index in [0.29, 0.717) is 0 Å². The van der Waals surface area contributed by atoms with Crippen LogP contribution in [0.1, 0.15) is 25.7 Å². The molecule has 58 valence electrons. The van der Waals surface area contributed by atoms with E-state index in [1.54, 1.807) is 0 Å². The van der Waals surface area contributed by atoms with Crippen LogP contribution in [0.25, 0.3) is 0 Å². The van der Waals surface area contributed by atoms with Gasteiger partial charge in [-0.2, -0.15) is 0 Å². The minimum Gasteiger partial charge on any atom is -0.384 e. The number of aliphatic hydroxyl groups is 1. The van der Waals surface area contributed by atoms with Gasteiger partial charge in [0.1, 0.15) is 6.61 Å². The third-order valence-electron chi connectivity index (χ3n) is 1.14. The Kier molecular flexibility index (Phi) is 8.64. The second-order valence-electron chi connectivity index (χ2n) is 2.01. The minimum absolute atomic E-state index is 0.0183. The molecule has 1 nitrogen and oxygen atoms in total. The normalized spacial score (nSPS) is 8.60. The number of hydrogen-bond acceptors (Lipinski definition) is 1. The average Bonchev–Trinajstić information content (AvgIpc) is 1.97. The van der Waals surface area contributed by atoms with Crippen molar-refractivity contribution in [3.05, 3.63) is 0 Å². The predicted octanol–water partition coefficient (Wildman–Crippen LogP) is 1.78. The summed E-state index contributed by atoms with van der Waals surface area (Å²) in [6.45, 7) is -0.0183. The quantitative estimate of drug-likeness (QED) is 0.378. The molecule has 0 unspecified atom stereocenters. The van der Waals surface area contributed by atoms with Gasteiger partial charge in [0.25, 0.3) is 0 Å². The lowest BCUT2D eigenvalue weighted by Gasteiger charge is -1.90. The molecule has 2 heteroatoms. The van der Waals surface area contributed by atoms with Gasteiger partial charge >= 0.3 is 0 Å². The fourth-order valence-electron chi connectivity index (χ4n) is 0.629. The fourth-order valence-corrected chi connectivity index (χ4v) is 0.818. The van der Waals surface area contributed by atoms with Gasteiger partial charge in [0.15, 0.2) is 0 Å². The maximum Gasteiger partial charge on any atom is 0.104 e. The molecule has 0 bridgehead atoms. The van der Waals surface area contributed by atoms with Crippen LogP contribution in [0.15, 0.2) is 0 Å². The maximum atomic E-state index is 8.27. The van der Waals surface area contributed by atoms with Crippen molar-refractivity contribution >= 4 is 11.6 Å². The van der Waals surface area contributed by atoms with Crippen LogP contribution in [0.4, 0.5) is 0 Å². The van der Waals surface area contributed by atoms with Crippen LogP contribution in [0.5, 0.6) is 0 Å². The maximum absolute atomic E-state index is 8.27. The highest BCUT2D eigenvalue weighted by molar-refractivity contribution is 6.17. The van der Waals surface area contributed by atoms with E-state index < -0.39 is 0 Å². The molecule has 0 rings (SSSR count). The van der Waals surface area contributed by atoms with Gasteiger partial charge < -0.3 is 5.11 Å². The van der Waals surface area contributed by atoms with Crippen LogP contribution in [-0.2, 0) is 0 Å². The highest BCUT2D eigenvalue weighted by atomic mass is 35.5. The van der Waals surface area contributed by atoms with Gasteiger partial charge in [-0.1, -0.05) is 12.3 Å². The molecule has 0 saturated heterocycles. The Morgan fingerprint density at radius 1 is 1.10 bits per heavy atom. The van der Waals surface area contributed by atoms with Crippen molar-refractivity contribution in [2.24, 2.45) is 0 Å². The van der Waals surface area contributed by atoms with Crippen molar-refractivity contribution in [3.63, 3.8) is 0 Å². The van der Waals surface area contributed by atoms with Gasteiger partial charge in [-0.15, -0.1) is 17.5 Å². The molecule has 0 aromatic heterocycles. The van der Waals surface area contributed by atoms with Crippen molar-refractivity contribution in [1.82, 2.24) is 0 Å². The summed E-state index contributed by atoms with van der Waals surface area (Å²) in [6, 6.07) is 0. The van der Waals surface area contributed by atoms with Crippen molar-refractivity contribution in [1.29, 1.82) is 0 Å². The number of halogens is 1. The Morgan fingerprint density at radius 3 is 2.50 bits per heavy atom. The molecule has 0 aliphatic carbocycles. The Hall–Kier alpha value is -0.190. The van der Waals surface area contributed by atoms with E-state index in [-0.39, 0.29) is 6.61 Å². The van der Waals surface area contributed by atoms with Gasteiger partial charge in [-0.3, -0.25) is 0 Å². The highest BCUT2D eigenvalue weighted by Crippen LogP contribution is 1.99. The first-order valence-electron chi connectivity index (χ1n) is 3.54. The van der Waals surface area contributed by atoms with Crippen LogP contribution in [0.3, 0.4) is 0 Å². The zero-order chi connectivity index (χ0) is 7.66. The van der Waals surface area contributed by atoms with E-state index in [2.05, 4.69) is 11.8 Å². The molecule has 0 aromatic rings. The molecule has 0 radical (unpaired) electrons. The Balaban J connectivity index is 2.90. The molecular formula is C8H13ClO. The molecule has 0 aromatic carbocycles. The summed E-state index contributed by atoms with van der Waals surface area (Å²) < 4.78 is 0. The number of alkyl halides is 1. The van der Waals surface area contributed by atoms with E-state index in [4.69, 9.17) is 16.7 Å². The monoisotopic (exact) mass is 160 g/mol. The van der Waals surface area contributed by atoms with Crippen LogP contribution in [-0.4, -0.2) is 17.6 Å². The first kappa shape index (κ1) is 9.81. The predicted molar refractivity (Wildman–Crippen MR) is 44.0 cm³/mol. The van der Waals surface area contributed by atoms with Crippen LogP contribution in [0, 0.1) is 11.8 Å². The van der Waals surface area contributed by atoms with E-state index in [1.165, 1.54) is 0 Å². The van der Waals surface area contributed by atoms with Gasteiger partial charge in [-0.25, -0.2) is 0 Å². The van der Waals surface area contributed by atoms with Crippen molar-refractivity contribution in [2.45, 2.75) is 25.7 Å². The molecular weight excluding hydrogens is 148 g/mol. The molecule has 1 N–H and O–H groups in total. The Labute approximate surface area is 67.4 Å². The summed E-state index contributed by atoms with van der Waals surface area (Å²) in [4.78, 5) is 0. The smallest absolute Gasteiger partial charge is 0.104 e. The topological polar surface area (TPSA) is 20.2 Å². The lowest BCUT2D eigenvalue weighted by atomic mass is 10.2. The first-order chi connectivity index (χ1) is 4.91. The largest absolute Gasteiger partial charge is 0.384 e. The van der Waals surface area contributed by atoms with Crippen molar-refractivity contribution in [2.75, 3.05) is 12.5 Å². The summed E-state index contributed by atoms with van der Waals surface area (Å²) >= 11 is 5.47. The van der Waals surface area contributed by atoms with E-state index in [9.17, 15) is 0 Å². The molecule has 0 saturated carbocycles. The lowest BCUT2D eigenvalue weighted by Crippen LogP contribution is -1.77. The standard InChI is InChI=1S/C8H13ClO/c9-7-5-3-1-2-4-6-8-10/h10H,1-3,5,7-8H2. The van der Waals surface area contributed by atoms with E-state index >= 15 is 0 Å². The van der Waals surface area contributed by atoms with E-state index in [1.807, 2.05) is 0 Å². The minimum atomic E-state index is -0.0183. The van der Waals surface area contributed by atoms with Gasteiger partial charge in [-0.05, 0) is 12.8 Å². The number of aliphatic hydroxyl groups excluding tert-OH is 1. The van der Waals surface area contributed by atoms with Crippen molar-refractivity contribution in [3.8, 4) is 11.8 Å². The molecule has 10 heavy (non-hydrogen) atoms. The molecule has 0 amide bonds. The summed E-state index contributed by atoms with van der Waals surface area (Å²) in [7, 11) is 0. The van der Waals surface area contributed by atoms with Gasteiger partial charge in [0.05, 0.1) is 0 Å². The second-order valence-corrected chi connectivity index (χ2v) is 2.39. The second kappa shape index (κ2) is 8.81. The lowest BCUT2D eigenvalue weighted by molar-refractivity contribution is 0.350. The summed E-state index contributed by atoms with van der Waals surface area (Å²) in [6.07, 6.45) is 4.20. The summed E-state index contributed by atoms with van der Waals surface area (Å²) in [5.74, 6) is 6.19. The van der Waals surface area contributed by atoms with Crippen LogP contribution in [0.2, 0.25) is 0 Å². The third kappa shape index (κ3) is 7.81. The van der Waals surface area contributed by atoms with Crippen LogP contribution < -0.4 is 0 Å².